The lowest BCUT2D eigenvalue weighted by Gasteiger charge is -2.08. The number of nitriles is 1. The summed E-state index contributed by atoms with van der Waals surface area (Å²) in [7, 11) is 0. The molecule has 0 aliphatic rings. The fourth-order valence-corrected chi connectivity index (χ4v) is 2.34. The summed E-state index contributed by atoms with van der Waals surface area (Å²) >= 11 is 12.3. The van der Waals surface area contributed by atoms with Crippen molar-refractivity contribution in [1.82, 2.24) is 9.69 Å². The molecule has 0 aromatic carbocycles. The highest BCUT2D eigenvalue weighted by molar-refractivity contribution is 7.09. The molecule has 2 rings (SSSR count). The molecule has 1 amide bonds. The molecule has 0 bridgehead atoms. The first-order valence-corrected chi connectivity index (χ1v) is 6.19. The third kappa shape index (κ3) is 2.48. The van der Waals surface area contributed by atoms with E-state index in [1.165, 1.54) is 12.5 Å². The summed E-state index contributed by atoms with van der Waals surface area (Å²) in [5.41, 5.74) is 0.553. The molecule has 0 spiro atoms. The number of amides is 1. The third-order valence-electron chi connectivity index (χ3n) is 2.08. The molecule has 2 aromatic heterocycles. The van der Waals surface area contributed by atoms with Crippen molar-refractivity contribution >= 4 is 40.6 Å². The number of hydrogen-bond donors (Lipinski definition) is 1. The zero-order chi connectivity index (χ0) is 13.1. The van der Waals surface area contributed by atoms with E-state index in [1.54, 1.807) is 6.07 Å². The number of furan rings is 1. The number of aromatic nitrogens is 1. The predicted molar refractivity (Wildman–Crippen MR) is 66.7 cm³/mol. The molecule has 18 heavy (non-hydrogen) atoms. The Labute approximate surface area is 116 Å². The zero-order valence-electron chi connectivity index (χ0n) is 8.68. The van der Waals surface area contributed by atoms with Crippen molar-refractivity contribution in [2.45, 2.75) is 6.04 Å². The van der Waals surface area contributed by atoms with Gasteiger partial charge in [-0.3, -0.25) is 4.79 Å². The van der Waals surface area contributed by atoms with Crippen LogP contribution in [0, 0.1) is 11.3 Å². The largest absolute Gasteiger partial charge is 0.472 e. The molecule has 0 aliphatic carbocycles. The molecule has 0 radical (unpaired) electrons. The summed E-state index contributed by atoms with van der Waals surface area (Å²) in [5.74, 6) is -0.503. The van der Waals surface area contributed by atoms with E-state index in [0.29, 0.717) is 5.56 Å². The van der Waals surface area contributed by atoms with Gasteiger partial charge in [-0.25, -0.2) is 0 Å². The van der Waals surface area contributed by atoms with Crippen LogP contribution in [-0.4, -0.2) is 10.3 Å². The fraction of sp³-hybridized carbons (Fsp3) is 0.100. The number of nitrogens with one attached hydrogen (secondary N) is 1. The summed E-state index contributed by atoms with van der Waals surface area (Å²) < 4.78 is 8.60. The van der Waals surface area contributed by atoms with Gasteiger partial charge in [-0.15, -0.1) is 0 Å². The molecule has 0 fully saturated rings. The zero-order valence-corrected chi connectivity index (χ0v) is 11.0. The van der Waals surface area contributed by atoms with Crippen LogP contribution in [0.2, 0.25) is 10.2 Å². The standard InChI is InChI=1S/C10H5Cl2N3O2S/c11-7-8(18-15-9(7)12)10(16)14-6(3-13)5-1-2-17-4-5/h1-2,4,6H,(H,14,16). The SMILES string of the molecule is N#CC(NC(=O)c1snc(Cl)c1Cl)c1ccoc1. The summed E-state index contributed by atoms with van der Waals surface area (Å²) in [4.78, 5) is 12.0. The number of carbonyl (C=O) groups is 1. The normalized spacial score (nSPS) is 11.8. The minimum Gasteiger partial charge on any atom is -0.472 e. The van der Waals surface area contributed by atoms with E-state index < -0.39 is 11.9 Å². The maximum absolute atomic E-state index is 11.9. The second kappa shape index (κ2) is 5.40. The molecule has 0 aliphatic heterocycles. The van der Waals surface area contributed by atoms with Crippen LogP contribution in [0.1, 0.15) is 21.3 Å². The van der Waals surface area contributed by atoms with Gasteiger partial charge in [0.1, 0.15) is 15.9 Å². The second-order valence-corrected chi connectivity index (χ2v) is 4.72. The highest BCUT2D eigenvalue weighted by atomic mass is 35.5. The van der Waals surface area contributed by atoms with E-state index in [-0.39, 0.29) is 15.1 Å². The molecule has 1 N–H and O–H groups in total. The van der Waals surface area contributed by atoms with E-state index in [4.69, 9.17) is 32.9 Å². The first-order chi connectivity index (χ1) is 8.63. The summed E-state index contributed by atoms with van der Waals surface area (Å²) in [6, 6.07) is 2.73. The van der Waals surface area contributed by atoms with Crippen LogP contribution in [0.25, 0.3) is 0 Å². The lowest BCUT2D eigenvalue weighted by molar-refractivity contribution is 0.0949. The van der Waals surface area contributed by atoms with Crippen LogP contribution in [0.4, 0.5) is 0 Å². The number of halogens is 2. The van der Waals surface area contributed by atoms with E-state index >= 15 is 0 Å². The van der Waals surface area contributed by atoms with Gasteiger partial charge in [-0.05, 0) is 17.6 Å². The van der Waals surface area contributed by atoms with Gasteiger partial charge in [-0.2, -0.15) is 9.64 Å². The summed E-state index contributed by atoms with van der Waals surface area (Å²) in [6.45, 7) is 0. The molecule has 5 nitrogen and oxygen atoms in total. The van der Waals surface area contributed by atoms with Crippen LogP contribution < -0.4 is 5.32 Å². The quantitative estimate of drug-likeness (QED) is 0.945. The monoisotopic (exact) mass is 301 g/mol. The van der Waals surface area contributed by atoms with Gasteiger partial charge in [-0.1, -0.05) is 23.2 Å². The van der Waals surface area contributed by atoms with Crippen molar-refractivity contribution in [3.05, 3.63) is 39.2 Å². The van der Waals surface area contributed by atoms with Crippen LogP contribution in [0.15, 0.2) is 23.0 Å². The number of carbonyl (C=O) groups excluding carboxylic acids is 1. The van der Waals surface area contributed by atoms with Gasteiger partial charge in [0, 0.05) is 5.56 Å². The minimum atomic E-state index is -0.812. The fourth-order valence-electron chi connectivity index (χ4n) is 1.23. The molecule has 8 heteroatoms. The Morgan fingerprint density at radius 2 is 2.39 bits per heavy atom. The Balaban J connectivity index is 2.17. The van der Waals surface area contributed by atoms with E-state index in [0.717, 1.165) is 11.5 Å². The maximum Gasteiger partial charge on any atom is 0.265 e. The number of hydrogen-bond acceptors (Lipinski definition) is 5. The summed E-state index contributed by atoms with van der Waals surface area (Å²) in [5, 5.41) is 11.7. The molecule has 2 heterocycles. The molecule has 0 saturated carbocycles. The highest BCUT2D eigenvalue weighted by Gasteiger charge is 2.21. The number of nitrogens with zero attached hydrogens (tertiary/aromatic N) is 2. The molecule has 2 aromatic rings. The van der Waals surface area contributed by atoms with E-state index in [1.807, 2.05) is 6.07 Å². The molecule has 1 atom stereocenters. The van der Waals surface area contributed by atoms with Crippen LogP contribution in [0.5, 0.6) is 0 Å². The van der Waals surface area contributed by atoms with Crippen molar-refractivity contribution in [2.24, 2.45) is 0 Å². The predicted octanol–water partition coefficient (Wildman–Crippen LogP) is 3.04. The average molecular weight is 302 g/mol. The van der Waals surface area contributed by atoms with Gasteiger partial charge in [0.2, 0.25) is 0 Å². The lowest BCUT2D eigenvalue weighted by Crippen LogP contribution is -2.26. The number of rotatable bonds is 3. The van der Waals surface area contributed by atoms with Crippen molar-refractivity contribution in [2.75, 3.05) is 0 Å². The van der Waals surface area contributed by atoms with Crippen LogP contribution in [-0.2, 0) is 0 Å². The van der Waals surface area contributed by atoms with Crippen molar-refractivity contribution in [1.29, 1.82) is 5.26 Å². The Morgan fingerprint density at radius 3 is 2.89 bits per heavy atom. The Bertz CT molecular complexity index is 603. The van der Waals surface area contributed by atoms with Gasteiger partial charge in [0.25, 0.3) is 5.91 Å². The lowest BCUT2D eigenvalue weighted by atomic mass is 10.2. The van der Waals surface area contributed by atoms with E-state index in [9.17, 15) is 4.79 Å². The topological polar surface area (TPSA) is 78.9 Å². The van der Waals surface area contributed by atoms with E-state index in [2.05, 4.69) is 9.69 Å². The highest BCUT2D eigenvalue weighted by Crippen LogP contribution is 2.28. The molecular formula is C10H5Cl2N3O2S. The Morgan fingerprint density at radius 1 is 1.61 bits per heavy atom. The summed E-state index contributed by atoms with van der Waals surface area (Å²) in [6.07, 6.45) is 2.80. The average Bonchev–Trinajstić information content (AvgIpc) is 2.98. The van der Waals surface area contributed by atoms with Crippen molar-refractivity contribution in [3.63, 3.8) is 0 Å². The second-order valence-electron chi connectivity index (χ2n) is 3.21. The maximum atomic E-state index is 11.9. The van der Waals surface area contributed by atoms with Gasteiger partial charge in [0.15, 0.2) is 5.15 Å². The third-order valence-corrected chi connectivity index (χ3v) is 3.88. The Hall–Kier alpha value is -1.55. The minimum absolute atomic E-state index is 0.0728. The van der Waals surface area contributed by atoms with Gasteiger partial charge >= 0.3 is 0 Å². The molecule has 92 valence electrons. The van der Waals surface area contributed by atoms with Crippen LogP contribution in [0.3, 0.4) is 0 Å². The van der Waals surface area contributed by atoms with Crippen molar-refractivity contribution in [3.8, 4) is 6.07 Å². The smallest absolute Gasteiger partial charge is 0.265 e. The Kier molecular flexibility index (Phi) is 3.87. The first kappa shape index (κ1) is 12.9. The first-order valence-electron chi connectivity index (χ1n) is 4.66. The van der Waals surface area contributed by atoms with Gasteiger partial charge in [0.05, 0.1) is 18.6 Å². The molecule has 1 unspecified atom stereocenters. The molecule has 0 saturated heterocycles. The van der Waals surface area contributed by atoms with Crippen molar-refractivity contribution < 1.29 is 9.21 Å². The van der Waals surface area contributed by atoms with Gasteiger partial charge < -0.3 is 9.73 Å². The molecular weight excluding hydrogens is 297 g/mol. The van der Waals surface area contributed by atoms with Crippen LogP contribution >= 0.6 is 34.7 Å².